The monoisotopic (exact) mass is 462 g/mol. The summed E-state index contributed by atoms with van der Waals surface area (Å²) in [6.07, 6.45) is 0.905. The molecule has 0 atom stereocenters. The highest BCUT2D eigenvalue weighted by molar-refractivity contribution is 5.99. The van der Waals surface area contributed by atoms with Gasteiger partial charge >= 0.3 is 5.97 Å². The Kier molecular flexibility index (Phi) is 6.68. The van der Waals surface area contributed by atoms with Crippen LogP contribution in [-0.4, -0.2) is 30.6 Å². The first-order chi connectivity index (χ1) is 16.3. The number of methoxy groups -OCH3 is 1. The average Bonchev–Trinajstić information content (AvgIpc) is 3.18. The number of fused-ring (bicyclic) bond motifs is 1. The lowest BCUT2D eigenvalue weighted by molar-refractivity contribution is -0.148. The number of rotatable bonds is 9. The number of carboxylic acid groups (broad SMARTS) is 1. The van der Waals surface area contributed by atoms with Crippen LogP contribution >= 0.6 is 0 Å². The van der Waals surface area contributed by atoms with E-state index in [1.807, 2.05) is 55.5 Å². The van der Waals surface area contributed by atoms with Gasteiger partial charge in [0.25, 0.3) is 0 Å². The molecule has 0 saturated carbocycles. The van der Waals surface area contributed by atoms with E-state index in [2.05, 4.69) is 0 Å². The van der Waals surface area contributed by atoms with E-state index in [-0.39, 0.29) is 42.9 Å². The van der Waals surface area contributed by atoms with Gasteiger partial charge in [0, 0.05) is 18.4 Å². The molecule has 6 heteroatoms. The Labute approximate surface area is 198 Å². The molecule has 1 N–H and O–H groups in total. The van der Waals surface area contributed by atoms with Gasteiger partial charge in [-0.1, -0.05) is 54.1 Å². The van der Waals surface area contributed by atoms with Crippen LogP contribution in [-0.2, 0) is 24.1 Å². The van der Waals surface area contributed by atoms with Crippen molar-refractivity contribution in [3.8, 4) is 11.5 Å². The van der Waals surface area contributed by atoms with E-state index in [1.165, 1.54) is 13.2 Å². The van der Waals surface area contributed by atoms with E-state index in [9.17, 15) is 19.1 Å². The van der Waals surface area contributed by atoms with Gasteiger partial charge in [0.2, 0.25) is 0 Å². The number of hydrogen-bond donors (Lipinski definition) is 1. The smallest absolute Gasteiger partial charge is 0.310 e. The van der Waals surface area contributed by atoms with E-state index in [0.29, 0.717) is 6.42 Å². The fourth-order valence-corrected chi connectivity index (χ4v) is 4.64. The topological polar surface area (TPSA) is 72.8 Å². The number of aryl methyl sites for hydroxylation is 1. The van der Waals surface area contributed by atoms with E-state index in [4.69, 9.17) is 9.47 Å². The summed E-state index contributed by atoms with van der Waals surface area (Å²) in [5, 5.41) is 10.00. The van der Waals surface area contributed by atoms with E-state index < -0.39 is 23.0 Å². The summed E-state index contributed by atoms with van der Waals surface area (Å²) in [4.78, 5) is 25.4. The third-order valence-electron chi connectivity index (χ3n) is 6.40. The van der Waals surface area contributed by atoms with Crippen molar-refractivity contribution in [3.63, 3.8) is 0 Å². The molecule has 3 aromatic rings. The molecule has 176 valence electrons. The standard InChI is InChI=1S/C28H27FO5/c1-18-6-5-7-19(12-18)10-11-34-25-14-22(13-23(29)26(25)33-2)24(30)17-28(27(31)32)15-20-8-3-4-9-21(20)16-28/h3-9,12-14H,10-11,15-17H2,1-2H3,(H,31,32). The molecular weight excluding hydrogens is 435 g/mol. The molecule has 1 aliphatic carbocycles. The average molecular weight is 463 g/mol. The predicted octanol–water partition coefficient (Wildman–Crippen LogP) is 5.21. The second kappa shape index (κ2) is 9.67. The lowest BCUT2D eigenvalue weighted by atomic mass is 9.79. The second-order valence-electron chi connectivity index (χ2n) is 8.88. The number of carbonyl (C=O) groups excluding carboxylic acids is 1. The van der Waals surface area contributed by atoms with Crippen molar-refractivity contribution in [2.45, 2.75) is 32.6 Å². The first-order valence-corrected chi connectivity index (χ1v) is 11.2. The molecule has 0 fully saturated rings. The van der Waals surface area contributed by atoms with Crippen molar-refractivity contribution in [2.75, 3.05) is 13.7 Å². The maximum Gasteiger partial charge on any atom is 0.310 e. The van der Waals surface area contributed by atoms with Crippen LogP contribution in [0.15, 0.2) is 60.7 Å². The van der Waals surface area contributed by atoms with E-state index >= 15 is 0 Å². The van der Waals surface area contributed by atoms with Crippen molar-refractivity contribution < 1.29 is 28.6 Å². The van der Waals surface area contributed by atoms with Gasteiger partial charge in [-0.05, 0) is 48.6 Å². The fraction of sp³-hybridized carbons (Fsp3) is 0.286. The number of aliphatic carboxylic acids is 1. The molecule has 0 saturated heterocycles. The van der Waals surface area contributed by atoms with Gasteiger partial charge in [0.1, 0.15) is 0 Å². The molecule has 0 unspecified atom stereocenters. The zero-order valence-corrected chi connectivity index (χ0v) is 19.3. The summed E-state index contributed by atoms with van der Waals surface area (Å²) < 4.78 is 25.7. The van der Waals surface area contributed by atoms with Crippen molar-refractivity contribution in [1.82, 2.24) is 0 Å². The summed E-state index contributed by atoms with van der Waals surface area (Å²) in [5.74, 6) is -2.15. The maximum absolute atomic E-state index is 14.8. The minimum absolute atomic E-state index is 0.0698. The highest BCUT2D eigenvalue weighted by Gasteiger charge is 2.45. The number of ketones is 1. The Morgan fingerprint density at radius 1 is 1.03 bits per heavy atom. The summed E-state index contributed by atoms with van der Waals surface area (Å²) in [6, 6.07) is 18.0. The molecule has 4 rings (SSSR count). The zero-order valence-electron chi connectivity index (χ0n) is 19.3. The largest absolute Gasteiger partial charge is 0.490 e. The van der Waals surface area contributed by atoms with Crippen LogP contribution in [0.2, 0.25) is 0 Å². The molecule has 0 radical (unpaired) electrons. The minimum atomic E-state index is -1.25. The Bertz CT molecular complexity index is 1210. The number of Topliss-reactive ketones (excluding diaryl/α,β-unsaturated/α-hetero) is 1. The highest BCUT2D eigenvalue weighted by atomic mass is 19.1. The van der Waals surface area contributed by atoms with Gasteiger partial charge in [-0.25, -0.2) is 4.39 Å². The summed E-state index contributed by atoms with van der Waals surface area (Å²) >= 11 is 0. The molecule has 1 aliphatic rings. The van der Waals surface area contributed by atoms with Gasteiger partial charge in [-0.15, -0.1) is 0 Å². The first kappa shape index (κ1) is 23.5. The second-order valence-corrected chi connectivity index (χ2v) is 8.88. The first-order valence-electron chi connectivity index (χ1n) is 11.2. The van der Waals surface area contributed by atoms with E-state index in [1.54, 1.807) is 0 Å². The molecule has 0 aliphatic heterocycles. The minimum Gasteiger partial charge on any atom is -0.490 e. The Morgan fingerprint density at radius 2 is 1.74 bits per heavy atom. The predicted molar refractivity (Wildman–Crippen MR) is 126 cm³/mol. The number of benzene rings is 3. The van der Waals surface area contributed by atoms with Crippen molar-refractivity contribution in [1.29, 1.82) is 0 Å². The van der Waals surface area contributed by atoms with E-state index in [0.717, 1.165) is 28.3 Å². The third-order valence-corrected chi connectivity index (χ3v) is 6.40. The summed E-state index contributed by atoms with van der Waals surface area (Å²) in [6.45, 7) is 2.27. The normalized spacial score (nSPS) is 13.9. The molecule has 3 aromatic carbocycles. The number of halogens is 1. The van der Waals surface area contributed by atoms with Crippen molar-refractivity contribution in [2.24, 2.45) is 5.41 Å². The Morgan fingerprint density at radius 3 is 2.35 bits per heavy atom. The van der Waals surface area contributed by atoms with Crippen LogP contribution in [0, 0.1) is 18.2 Å². The molecular formula is C28H27FO5. The van der Waals surface area contributed by atoms with Gasteiger partial charge in [-0.3, -0.25) is 9.59 Å². The van der Waals surface area contributed by atoms with Gasteiger partial charge in [0.15, 0.2) is 23.1 Å². The maximum atomic E-state index is 14.8. The molecule has 5 nitrogen and oxygen atoms in total. The number of hydrogen-bond acceptors (Lipinski definition) is 4. The summed E-state index contributed by atoms with van der Waals surface area (Å²) in [7, 11) is 1.34. The molecule has 0 amide bonds. The van der Waals surface area contributed by atoms with Crippen LogP contribution in [0.3, 0.4) is 0 Å². The van der Waals surface area contributed by atoms with Gasteiger partial charge in [-0.2, -0.15) is 0 Å². The molecule has 34 heavy (non-hydrogen) atoms. The highest BCUT2D eigenvalue weighted by Crippen LogP contribution is 2.41. The fourth-order valence-electron chi connectivity index (χ4n) is 4.64. The van der Waals surface area contributed by atoms with Gasteiger partial charge < -0.3 is 14.6 Å². The van der Waals surface area contributed by atoms with Crippen LogP contribution in [0.4, 0.5) is 4.39 Å². The molecule has 0 heterocycles. The quantitative estimate of drug-likeness (QED) is 0.442. The zero-order chi connectivity index (χ0) is 24.3. The van der Waals surface area contributed by atoms with Crippen LogP contribution in [0.5, 0.6) is 11.5 Å². The number of carbonyl (C=O) groups is 2. The Balaban J connectivity index is 1.53. The van der Waals surface area contributed by atoms with Crippen LogP contribution < -0.4 is 9.47 Å². The third kappa shape index (κ3) is 4.81. The summed E-state index contributed by atoms with van der Waals surface area (Å²) in [5.41, 5.74) is 2.90. The lowest BCUT2D eigenvalue weighted by Crippen LogP contribution is -2.34. The lowest BCUT2D eigenvalue weighted by Gasteiger charge is -2.23. The molecule has 0 spiro atoms. The van der Waals surface area contributed by atoms with Crippen molar-refractivity contribution >= 4 is 11.8 Å². The van der Waals surface area contributed by atoms with Crippen LogP contribution in [0.1, 0.15) is 39.0 Å². The van der Waals surface area contributed by atoms with Crippen molar-refractivity contribution in [3.05, 3.63) is 94.3 Å². The SMILES string of the molecule is COc1c(F)cc(C(=O)CC2(C(=O)O)Cc3ccccc3C2)cc1OCCc1cccc(C)c1. The molecule has 0 aromatic heterocycles. The number of ether oxygens (including phenoxy) is 2. The number of carboxylic acids is 1. The Hall–Kier alpha value is -3.67. The molecule has 0 bridgehead atoms. The van der Waals surface area contributed by atoms with Crippen LogP contribution in [0.25, 0.3) is 0 Å². The van der Waals surface area contributed by atoms with Gasteiger partial charge in [0.05, 0.1) is 19.1 Å².